The van der Waals surface area contributed by atoms with Crippen LogP contribution in [0.25, 0.3) is 0 Å². The largest absolute Gasteiger partial charge is 0.756 e. The first-order chi connectivity index (χ1) is 39.4. The van der Waals surface area contributed by atoms with E-state index < -0.39 is 26.6 Å². The van der Waals surface area contributed by atoms with Crippen LogP contribution >= 0.6 is 7.82 Å². The van der Waals surface area contributed by atoms with Crippen molar-refractivity contribution in [2.24, 2.45) is 0 Å². The highest BCUT2D eigenvalue weighted by Crippen LogP contribution is 2.38. The van der Waals surface area contributed by atoms with Gasteiger partial charge in [-0.2, -0.15) is 0 Å². The first-order valence-corrected chi connectivity index (χ1v) is 34.7. The van der Waals surface area contributed by atoms with E-state index in [9.17, 15) is 19.0 Å². The van der Waals surface area contributed by atoms with Crippen LogP contribution in [-0.2, 0) is 27.9 Å². The van der Waals surface area contributed by atoms with Crippen LogP contribution < -0.4 is 10.2 Å². The minimum Gasteiger partial charge on any atom is -0.756 e. The molecule has 0 aromatic rings. The minimum absolute atomic E-state index is 0.0322. The molecule has 9 nitrogen and oxygen atoms in total. The van der Waals surface area contributed by atoms with E-state index >= 15 is 0 Å². The van der Waals surface area contributed by atoms with Crippen molar-refractivity contribution in [2.75, 3.05) is 40.9 Å². The fourth-order valence-electron chi connectivity index (χ4n) is 9.08. The molecule has 0 bridgehead atoms. The van der Waals surface area contributed by atoms with Crippen molar-refractivity contribution in [2.45, 2.75) is 290 Å². The number of amides is 1. The van der Waals surface area contributed by atoms with E-state index in [1.807, 2.05) is 33.3 Å². The van der Waals surface area contributed by atoms with Gasteiger partial charge in [0.15, 0.2) is 0 Å². The third-order valence-corrected chi connectivity index (χ3v) is 15.2. The van der Waals surface area contributed by atoms with Gasteiger partial charge in [-0.15, -0.1) is 0 Å². The maximum Gasteiger partial charge on any atom is 0.306 e. The summed E-state index contributed by atoms with van der Waals surface area (Å²) in [5.74, 6) is -0.570. The summed E-state index contributed by atoms with van der Waals surface area (Å²) in [5.41, 5.74) is 0. The highest BCUT2D eigenvalue weighted by Gasteiger charge is 2.27. The first-order valence-electron chi connectivity index (χ1n) is 33.2. The Bertz CT molecular complexity index is 1750. The van der Waals surface area contributed by atoms with Gasteiger partial charge >= 0.3 is 5.97 Å². The van der Waals surface area contributed by atoms with Crippen LogP contribution in [-0.4, -0.2) is 69.4 Å². The predicted molar refractivity (Wildman–Crippen MR) is 348 cm³/mol. The van der Waals surface area contributed by atoms with Crippen LogP contribution in [0.2, 0.25) is 0 Å². The van der Waals surface area contributed by atoms with Crippen molar-refractivity contribution in [3.63, 3.8) is 0 Å². The predicted octanol–water partition coefficient (Wildman–Crippen LogP) is 20.3. The van der Waals surface area contributed by atoms with Gasteiger partial charge in [-0.05, 0) is 115 Å². The molecule has 1 N–H and O–H groups in total. The molecule has 1 amide bonds. The molecular weight excluding hydrogens is 1020 g/mol. The van der Waals surface area contributed by atoms with Crippen molar-refractivity contribution in [3.05, 3.63) is 109 Å². The van der Waals surface area contributed by atoms with Crippen LogP contribution in [0.15, 0.2) is 109 Å². The van der Waals surface area contributed by atoms with Gasteiger partial charge in [-0.25, -0.2) is 0 Å². The number of nitrogens with one attached hydrogen (secondary N) is 1. The average Bonchev–Trinajstić information content (AvgIpc) is 3.44. The lowest BCUT2D eigenvalue weighted by Crippen LogP contribution is -2.47. The molecular formula is C71H125N2O7P. The molecule has 0 fully saturated rings. The second-order valence-electron chi connectivity index (χ2n) is 23.2. The molecule has 0 aromatic heterocycles. The molecule has 0 heterocycles. The lowest BCUT2D eigenvalue weighted by atomic mass is 10.0. The molecule has 0 saturated carbocycles. The van der Waals surface area contributed by atoms with E-state index in [1.165, 1.54) is 103 Å². The lowest BCUT2D eigenvalue weighted by Gasteiger charge is -2.30. The number of nitrogens with zero attached hydrogens (tertiary/aromatic N) is 1. The summed E-state index contributed by atoms with van der Waals surface area (Å²) in [6.07, 6.45) is 81.9. The van der Waals surface area contributed by atoms with E-state index in [2.05, 4.69) is 123 Å². The van der Waals surface area contributed by atoms with Crippen LogP contribution in [0.5, 0.6) is 0 Å². The number of hydrogen-bond donors (Lipinski definition) is 1. The second-order valence-corrected chi connectivity index (χ2v) is 24.6. The topological polar surface area (TPSA) is 114 Å². The number of carbonyl (C=O) groups excluding carboxylic acids is 2. The zero-order chi connectivity index (χ0) is 59.3. The Kier molecular flexibility index (Phi) is 57.4. The summed E-state index contributed by atoms with van der Waals surface area (Å²) >= 11 is 0. The Balaban J connectivity index is 5.26. The third kappa shape index (κ3) is 61.1. The summed E-state index contributed by atoms with van der Waals surface area (Å²) in [5, 5.41) is 3.03. The van der Waals surface area contributed by atoms with Gasteiger partial charge in [0.2, 0.25) is 5.91 Å². The first kappa shape index (κ1) is 77.7. The standard InChI is InChI=1S/C71H125N2O7P/c1-7-10-13-16-19-22-25-28-30-32-34-35-36-37-39-41-43-46-49-52-55-58-61-64-71(75)80-69(62-59-56-53-50-47-44-27-24-21-18-15-12-9-3)68(67-79-81(76,77)78-66-65-73(4,5)6)72-70(74)63-60-57-54-51-48-45-42-40-38-33-31-29-26-23-20-17-14-11-8-2/h10,13,19-20,22-23,28-31,34-35,37-40,59,62,68-69H,7-9,11-12,14-18,21,24-27,32-33,36,41-58,60-61,63-67H2,1-6H3,(H-,72,74,76,77)/b13-10-,22-19-,23-20-,30-28-,31-29-,35-34-,39-37-,40-38-,62-59+. The molecule has 0 aliphatic carbocycles. The maximum atomic E-state index is 13.6. The van der Waals surface area contributed by atoms with Crippen LogP contribution in [0.4, 0.5) is 0 Å². The number of phosphoric ester groups is 1. The SMILES string of the molecule is CC/C=C\C/C=C\C/C=C\C/C=C\C/C=C\CCCCCCCCCC(=O)OC(/C=C/CCCCCCCCCCCCC)C(COP(=O)([O-])OCC[N+](C)(C)C)NC(=O)CCCCCCCC/C=C\C/C=C\C/C=C\CCCCC. The van der Waals surface area contributed by atoms with E-state index in [-0.39, 0.29) is 24.9 Å². The number of unbranched alkanes of at least 4 members (excludes halogenated alkanes) is 27. The van der Waals surface area contributed by atoms with E-state index in [0.29, 0.717) is 23.9 Å². The normalized spacial score (nSPS) is 14.3. The van der Waals surface area contributed by atoms with Gasteiger partial charge in [0.25, 0.3) is 7.82 Å². The van der Waals surface area contributed by atoms with E-state index in [4.69, 9.17) is 13.8 Å². The Morgan fingerprint density at radius 1 is 0.444 bits per heavy atom. The maximum absolute atomic E-state index is 13.6. The zero-order valence-corrected chi connectivity index (χ0v) is 54.1. The number of carbonyl (C=O) groups is 2. The molecule has 0 aliphatic rings. The summed E-state index contributed by atoms with van der Waals surface area (Å²) < 4.78 is 30.4. The van der Waals surface area contributed by atoms with Gasteiger partial charge in [0.05, 0.1) is 33.8 Å². The third-order valence-electron chi connectivity index (χ3n) is 14.2. The Hall–Kier alpha value is -3.33. The number of esters is 1. The Morgan fingerprint density at radius 2 is 0.790 bits per heavy atom. The van der Waals surface area contributed by atoms with Gasteiger partial charge in [0.1, 0.15) is 19.3 Å². The molecule has 0 radical (unpaired) electrons. The average molecular weight is 1150 g/mol. The minimum atomic E-state index is -4.72. The van der Waals surface area contributed by atoms with Crippen molar-refractivity contribution in [1.82, 2.24) is 5.32 Å². The van der Waals surface area contributed by atoms with E-state index in [1.54, 1.807) is 0 Å². The van der Waals surface area contributed by atoms with Crippen LogP contribution in [0.3, 0.4) is 0 Å². The molecule has 0 saturated heterocycles. The summed E-state index contributed by atoms with van der Waals surface area (Å²) in [7, 11) is 1.16. The Morgan fingerprint density at radius 3 is 1.21 bits per heavy atom. The quantitative estimate of drug-likeness (QED) is 0.0212. The fraction of sp³-hybridized carbons (Fsp3) is 0.718. The molecule has 0 spiro atoms. The number of allylic oxidation sites excluding steroid dienone is 17. The molecule has 3 unspecified atom stereocenters. The monoisotopic (exact) mass is 1150 g/mol. The zero-order valence-electron chi connectivity index (χ0n) is 53.2. The van der Waals surface area contributed by atoms with Gasteiger partial charge in [-0.3, -0.25) is 14.2 Å². The number of quaternary nitrogens is 1. The van der Waals surface area contributed by atoms with Crippen LogP contribution in [0, 0.1) is 0 Å². The Labute approximate surface area is 500 Å². The van der Waals surface area contributed by atoms with Gasteiger partial charge in [0, 0.05) is 12.8 Å². The number of rotatable bonds is 59. The number of hydrogen-bond acceptors (Lipinski definition) is 7. The molecule has 0 aliphatic heterocycles. The molecule has 0 rings (SSSR count). The van der Waals surface area contributed by atoms with E-state index in [0.717, 1.165) is 135 Å². The number of phosphoric acid groups is 1. The fourth-order valence-corrected chi connectivity index (χ4v) is 9.81. The highest BCUT2D eigenvalue weighted by molar-refractivity contribution is 7.45. The smallest absolute Gasteiger partial charge is 0.306 e. The second kappa shape index (κ2) is 59.8. The van der Waals surface area contributed by atoms with Crippen molar-refractivity contribution in [1.29, 1.82) is 0 Å². The highest BCUT2D eigenvalue weighted by atomic mass is 31.2. The summed E-state index contributed by atoms with van der Waals surface area (Å²) in [6, 6.07) is -0.908. The molecule has 0 aromatic carbocycles. The van der Waals surface area contributed by atoms with Crippen molar-refractivity contribution in [3.8, 4) is 0 Å². The van der Waals surface area contributed by atoms with Crippen LogP contribution in [0.1, 0.15) is 278 Å². The van der Waals surface area contributed by atoms with Crippen molar-refractivity contribution < 1.29 is 37.3 Å². The van der Waals surface area contributed by atoms with Crippen molar-refractivity contribution >= 4 is 19.7 Å². The van der Waals surface area contributed by atoms with Gasteiger partial charge in [-0.1, -0.05) is 259 Å². The summed E-state index contributed by atoms with van der Waals surface area (Å²) in [6.45, 7) is 6.69. The number of ether oxygens (including phenoxy) is 1. The molecule has 466 valence electrons. The number of likely N-dealkylation sites (N-methyl/N-ethyl adjacent to an activating group) is 1. The lowest BCUT2D eigenvalue weighted by molar-refractivity contribution is -0.870. The van der Waals surface area contributed by atoms with Gasteiger partial charge < -0.3 is 28.5 Å². The molecule has 10 heteroatoms. The molecule has 81 heavy (non-hydrogen) atoms. The molecule has 3 atom stereocenters. The summed E-state index contributed by atoms with van der Waals surface area (Å²) in [4.78, 5) is 40.1.